The van der Waals surface area contributed by atoms with Crippen molar-refractivity contribution in [1.82, 2.24) is 5.43 Å². The number of halogens is 1. The molecule has 0 aliphatic rings. The molecule has 1 amide bonds. The molecule has 13 heavy (non-hydrogen) atoms. The molecule has 0 aliphatic carbocycles. The van der Waals surface area contributed by atoms with Gasteiger partial charge in [-0.05, 0) is 31.2 Å². The van der Waals surface area contributed by atoms with E-state index >= 15 is 0 Å². The van der Waals surface area contributed by atoms with E-state index in [1.54, 1.807) is 17.1 Å². The van der Waals surface area contributed by atoms with Gasteiger partial charge in [0.25, 0.3) is 0 Å². The van der Waals surface area contributed by atoms with E-state index in [0.29, 0.717) is 13.0 Å². The fraction of sp³-hybridized carbons (Fsp3) is 0.222. The highest BCUT2D eigenvalue weighted by atomic mass is 19.1. The molecular weight excluding hydrogens is 171 g/mol. The van der Waals surface area contributed by atoms with Gasteiger partial charge in [0.1, 0.15) is 5.82 Å². The quantitative estimate of drug-likeness (QED) is 0.562. The number of hydrogen-bond donors (Lipinski definition) is 1. The van der Waals surface area contributed by atoms with Crippen LogP contribution in [0.15, 0.2) is 24.3 Å². The molecule has 70 valence electrons. The van der Waals surface area contributed by atoms with Crippen molar-refractivity contribution in [3.63, 3.8) is 0 Å². The fourth-order valence-electron chi connectivity index (χ4n) is 1.03. The van der Waals surface area contributed by atoms with Crippen molar-refractivity contribution in [3.8, 4) is 0 Å². The highest BCUT2D eigenvalue weighted by Crippen LogP contribution is 2.11. The largest absolute Gasteiger partial charge is 0.286 e. The fourth-order valence-corrected chi connectivity index (χ4v) is 1.03. The average molecular weight is 182 g/mol. The maximum atomic E-state index is 12.5. The van der Waals surface area contributed by atoms with Gasteiger partial charge in [-0.3, -0.25) is 15.2 Å². The van der Waals surface area contributed by atoms with Crippen molar-refractivity contribution < 1.29 is 9.18 Å². The maximum Gasteiger partial charge on any atom is 0.225 e. The normalized spacial score (nSPS) is 9.38. The predicted octanol–water partition coefficient (Wildman–Crippen LogP) is 1.31. The zero-order valence-corrected chi connectivity index (χ0v) is 7.33. The first kappa shape index (κ1) is 9.51. The lowest BCUT2D eigenvalue weighted by atomic mass is 10.3. The van der Waals surface area contributed by atoms with E-state index in [9.17, 15) is 9.18 Å². The summed E-state index contributed by atoms with van der Waals surface area (Å²) in [5, 5.41) is 1.62. The van der Waals surface area contributed by atoms with E-state index in [2.05, 4.69) is 5.43 Å². The van der Waals surface area contributed by atoms with Gasteiger partial charge in [-0.25, -0.2) is 4.39 Å². The molecule has 0 heterocycles. The molecule has 0 spiro atoms. The lowest BCUT2D eigenvalue weighted by Crippen LogP contribution is -2.36. The first-order chi connectivity index (χ1) is 6.27. The average Bonchev–Trinajstić information content (AvgIpc) is 2.16. The maximum absolute atomic E-state index is 12.5. The monoisotopic (exact) mass is 182 g/mol. The first-order valence-corrected chi connectivity index (χ1v) is 4.01. The zero-order chi connectivity index (χ0) is 9.68. The molecular formula is C9H11FN2O. The summed E-state index contributed by atoms with van der Waals surface area (Å²) in [6, 6.07) is 5.92. The van der Waals surface area contributed by atoms with Crippen LogP contribution in [0.2, 0.25) is 0 Å². The molecule has 0 aromatic heterocycles. The molecule has 0 aliphatic heterocycles. The second-order valence-electron chi connectivity index (χ2n) is 2.47. The number of nitrogens with zero attached hydrogens (tertiary/aromatic N) is 1. The molecule has 1 aromatic carbocycles. The third kappa shape index (κ3) is 2.43. The highest BCUT2D eigenvalue weighted by Gasteiger charge is 2.01. The Labute approximate surface area is 76.1 Å². The van der Waals surface area contributed by atoms with Gasteiger partial charge in [-0.2, -0.15) is 0 Å². The van der Waals surface area contributed by atoms with Crippen molar-refractivity contribution in [2.24, 2.45) is 0 Å². The molecule has 0 fully saturated rings. The molecule has 0 unspecified atom stereocenters. The topological polar surface area (TPSA) is 32.3 Å². The van der Waals surface area contributed by atoms with Gasteiger partial charge in [-0.15, -0.1) is 0 Å². The Balaban J connectivity index is 2.78. The number of hydrazine groups is 1. The van der Waals surface area contributed by atoms with Crippen molar-refractivity contribution in [2.75, 3.05) is 11.6 Å². The molecule has 3 nitrogen and oxygen atoms in total. The van der Waals surface area contributed by atoms with Crippen molar-refractivity contribution in [1.29, 1.82) is 0 Å². The van der Waals surface area contributed by atoms with Crippen LogP contribution >= 0.6 is 0 Å². The number of carbonyl (C=O) groups excluding carboxylic acids is 1. The van der Waals surface area contributed by atoms with Gasteiger partial charge in [-0.1, -0.05) is 0 Å². The minimum atomic E-state index is -0.286. The van der Waals surface area contributed by atoms with Crippen LogP contribution in [0.25, 0.3) is 0 Å². The van der Waals surface area contributed by atoms with Crippen LogP contribution in [0.3, 0.4) is 0 Å². The number of anilines is 1. The minimum absolute atomic E-state index is 0.286. The van der Waals surface area contributed by atoms with Gasteiger partial charge in [0, 0.05) is 6.54 Å². The lowest BCUT2D eigenvalue weighted by Gasteiger charge is -2.20. The van der Waals surface area contributed by atoms with Crippen LogP contribution in [0.5, 0.6) is 0 Å². The van der Waals surface area contributed by atoms with Crippen LogP contribution in [-0.4, -0.2) is 13.0 Å². The Bertz CT molecular complexity index is 273. The Morgan fingerprint density at radius 2 is 2.08 bits per heavy atom. The van der Waals surface area contributed by atoms with E-state index in [-0.39, 0.29) is 5.82 Å². The third-order valence-corrected chi connectivity index (χ3v) is 1.66. The smallest absolute Gasteiger partial charge is 0.225 e. The molecule has 1 aromatic rings. The number of rotatable bonds is 4. The molecule has 1 rings (SSSR count). The van der Waals surface area contributed by atoms with Crippen LogP contribution in [-0.2, 0) is 4.79 Å². The molecule has 0 saturated carbocycles. The van der Waals surface area contributed by atoms with Crippen molar-refractivity contribution in [2.45, 2.75) is 6.92 Å². The Morgan fingerprint density at radius 1 is 1.46 bits per heavy atom. The summed E-state index contributed by atoms with van der Waals surface area (Å²) in [7, 11) is 0. The van der Waals surface area contributed by atoms with Gasteiger partial charge in [0.15, 0.2) is 0 Å². The second kappa shape index (κ2) is 4.45. The van der Waals surface area contributed by atoms with Crippen LogP contribution in [0.1, 0.15) is 6.92 Å². The minimum Gasteiger partial charge on any atom is -0.286 e. The summed E-state index contributed by atoms with van der Waals surface area (Å²) >= 11 is 0. The van der Waals surface area contributed by atoms with Crippen LogP contribution < -0.4 is 10.4 Å². The van der Waals surface area contributed by atoms with Crippen LogP contribution in [0.4, 0.5) is 10.1 Å². The number of carbonyl (C=O) groups is 1. The van der Waals surface area contributed by atoms with Crippen molar-refractivity contribution in [3.05, 3.63) is 30.1 Å². The van der Waals surface area contributed by atoms with E-state index in [4.69, 9.17) is 0 Å². The molecule has 0 bridgehead atoms. The van der Waals surface area contributed by atoms with E-state index in [1.807, 2.05) is 6.92 Å². The van der Waals surface area contributed by atoms with E-state index < -0.39 is 0 Å². The zero-order valence-electron chi connectivity index (χ0n) is 7.33. The van der Waals surface area contributed by atoms with E-state index in [0.717, 1.165) is 5.69 Å². The summed E-state index contributed by atoms with van der Waals surface area (Å²) < 4.78 is 12.5. The van der Waals surface area contributed by atoms with E-state index in [1.165, 1.54) is 12.1 Å². The Kier molecular flexibility index (Phi) is 3.25. The second-order valence-corrected chi connectivity index (χ2v) is 2.47. The number of amides is 1. The SMILES string of the molecule is CCN(NC=O)c1ccc(F)cc1. The highest BCUT2D eigenvalue weighted by molar-refractivity contribution is 5.54. The number of benzene rings is 1. The Hall–Kier alpha value is -1.58. The third-order valence-electron chi connectivity index (χ3n) is 1.66. The van der Waals surface area contributed by atoms with Crippen LogP contribution in [0, 0.1) is 5.82 Å². The van der Waals surface area contributed by atoms with Gasteiger partial charge in [0.2, 0.25) is 6.41 Å². The van der Waals surface area contributed by atoms with Gasteiger partial charge < -0.3 is 0 Å². The number of nitrogens with one attached hydrogen (secondary N) is 1. The Morgan fingerprint density at radius 3 is 2.54 bits per heavy atom. The summed E-state index contributed by atoms with van der Waals surface area (Å²) in [5.41, 5.74) is 3.26. The molecule has 0 atom stereocenters. The standard InChI is InChI=1S/C9H11FN2O/c1-2-12(11-7-13)9-5-3-8(10)4-6-9/h3-7H,2H2,1H3,(H,11,13). The summed E-state index contributed by atoms with van der Waals surface area (Å²) in [6.45, 7) is 2.52. The first-order valence-electron chi connectivity index (χ1n) is 4.01. The summed E-state index contributed by atoms with van der Waals surface area (Å²) in [4.78, 5) is 10.2. The summed E-state index contributed by atoms with van der Waals surface area (Å²) in [5.74, 6) is -0.286. The molecule has 4 heteroatoms. The molecule has 0 saturated heterocycles. The van der Waals surface area contributed by atoms with Gasteiger partial charge >= 0.3 is 0 Å². The summed E-state index contributed by atoms with van der Waals surface area (Å²) in [6.07, 6.45) is 0.590. The van der Waals surface area contributed by atoms with Crippen molar-refractivity contribution >= 4 is 12.1 Å². The van der Waals surface area contributed by atoms with Gasteiger partial charge in [0.05, 0.1) is 5.69 Å². The predicted molar refractivity (Wildman–Crippen MR) is 48.6 cm³/mol. The molecule has 0 radical (unpaired) electrons. The lowest BCUT2D eigenvalue weighted by molar-refractivity contribution is -0.109. The molecule has 1 N–H and O–H groups in total. The number of hydrogen-bond acceptors (Lipinski definition) is 2.